The number of nitrogens with zero attached hydrogens (tertiary/aromatic N) is 2. The molecule has 0 aliphatic rings. The van der Waals surface area contributed by atoms with Crippen molar-refractivity contribution in [2.75, 3.05) is 4.72 Å². The first kappa shape index (κ1) is 21.5. The van der Waals surface area contributed by atoms with Crippen LogP contribution in [0.25, 0.3) is 10.2 Å². The summed E-state index contributed by atoms with van der Waals surface area (Å²) in [5.74, 6) is 1.59. The quantitative estimate of drug-likeness (QED) is 0.452. The molecule has 9 heteroatoms. The number of fused-ring (bicyclic) bond motifs is 1. The molecule has 0 fully saturated rings. The van der Waals surface area contributed by atoms with Gasteiger partial charge in [0.2, 0.25) is 0 Å². The lowest BCUT2D eigenvalue weighted by Gasteiger charge is -2.08. The number of terminal acetylenes is 1. The average molecular weight is 466 g/mol. The number of nitrogens with one attached hydrogen (secondary N) is 1. The van der Waals surface area contributed by atoms with Crippen LogP contribution in [0.15, 0.2) is 82.7 Å². The summed E-state index contributed by atoms with van der Waals surface area (Å²) in [4.78, 5) is 17.3. The van der Waals surface area contributed by atoms with E-state index >= 15 is 0 Å². The zero-order chi connectivity index (χ0) is 22.7. The van der Waals surface area contributed by atoms with Gasteiger partial charge in [-0.25, -0.2) is 12.8 Å². The highest BCUT2D eigenvalue weighted by Crippen LogP contribution is 2.19. The van der Waals surface area contributed by atoms with Crippen LogP contribution < -0.4 is 9.52 Å². The molecule has 1 amide bonds. The van der Waals surface area contributed by atoms with Crippen molar-refractivity contribution < 1.29 is 17.6 Å². The highest BCUT2D eigenvalue weighted by Gasteiger charge is 2.14. The molecule has 1 N–H and O–H groups in total. The van der Waals surface area contributed by atoms with Crippen LogP contribution in [0, 0.1) is 18.2 Å². The standard InChI is InChI=1S/C23H16FN3O3S2/c1-2-14-27-20-13-10-17(24)15-21(20)31-23(27)25-22(28)16-8-11-18(12-9-16)26-32(29,30)19-6-4-3-5-7-19/h1,3-13,15,26H,14H2. The summed E-state index contributed by atoms with van der Waals surface area (Å²) in [6.07, 6.45) is 5.44. The third kappa shape index (κ3) is 4.46. The maximum atomic E-state index is 13.6. The molecule has 1 heterocycles. The van der Waals surface area contributed by atoms with Crippen LogP contribution in [0.5, 0.6) is 0 Å². The second kappa shape index (κ2) is 8.78. The first-order chi connectivity index (χ1) is 15.4. The highest BCUT2D eigenvalue weighted by molar-refractivity contribution is 7.92. The summed E-state index contributed by atoms with van der Waals surface area (Å²) in [6, 6.07) is 18.2. The van der Waals surface area contributed by atoms with Crippen LogP contribution in [0.4, 0.5) is 10.1 Å². The van der Waals surface area contributed by atoms with Gasteiger partial charge in [-0.05, 0) is 54.6 Å². The van der Waals surface area contributed by atoms with Gasteiger partial charge in [-0.15, -0.1) is 6.42 Å². The first-order valence-corrected chi connectivity index (χ1v) is 11.7. The van der Waals surface area contributed by atoms with E-state index in [4.69, 9.17) is 6.42 Å². The van der Waals surface area contributed by atoms with E-state index in [1.165, 1.54) is 48.5 Å². The van der Waals surface area contributed by atoms with Gasteiger partial charge >= 0.3 is 0 Å². The number of hydrogen-bond donors (Lipinski definition) is 1. The van der Waals surface area contributed by atoms with Crippen molar-refractivity contribution in [3.63, 3.8) is 0 Å². The molecular formula is C23H16FN3O3S2. The Hall–Kier alpha value is -3.74. The number of amides is 1. The summed E-state index contributed by atoms with van der Waals surface area (Å²) < 4.78 is 43.2. The first-order valence-electron chi connectivity index (χ1n) is 9.37. The molecule has 1 aromatic heterocycles. The van der Waals surface area contributed by atoms with E-state index in [0.29, 0.717) is 20.7 Å². The largest absolute Gasteiger partial charge is 0.305 e. The van der Waals surface area contributed by atoms with Crippen molar-refractivity contribution in [3.8, 4) is 12.3 Å². The van der Waals surface area contributed by atoms with Gasteiger partial charge in [0.05, 0.1) is 21.7 Å². The molecule has 4 aromatic rings. The van der Waals surface area contributed by atoms with E-state index in [1.54, 1.807) is 28.8 Å². The molecule has 0 aliphatic heterocycles. The van der Waals surface area contributed by atoms with Gasteiger partial charge in [0.25, 0.3) is 15.9 Å². The van der Waals surface area contributed by atoms with Crippen LogP contribution in [0.3, 0.4) is 0 Å². The van der Waals surface area contributed by atoms with E-state index < -0.39 is 21.7 Å². The second-order valence-electron chi connectivity index (χ2n) is 6.70. The second-order valence-corrected chi connectivity index (χ2v) is 9.39. The number of halogens is 1. The average Bonchev–Trinajstić information content (AvgIpc) is 3.10. The Morgan fingerprint density at radius 2 is 1.81 bits per heavy atom. The molecule has 160 valence electrons. The molecule has 0 unspecified atom stereocenters. The van der Waals surface area contributed by atoms with Crippen molar-refractivity contribution >= 4 is 43.2 Å². The highest BCUT2D eigenvalue weighted by atomic mass is 32.2. The lowest BCUT2D eigenvalue weighted by molar-refractivity contribution is 0.0998. The van der Waals surface area contributed by atoms with Gasteiger partial charge in [0, 0.05) is 11.3 Å². The van der Waals surface area contributed by atoms with Crippen molar-refractivity contribution in [3.05, 3.63) is 89.0 Å². The zero-order valence-electron chi connectivity index (χ0n) is 16.5. The number of anilines is 1. The minimum Gasteiger partial charge on any atom is -0.305 e. The van der Waals surface area contributed by atoms with E-state index in [0.717, 1.165) is 11.3 Å². The summed E-state index contributed by atoms with van der Waals surface area (Å²) in [6.45, 7) is 0.179. The normalized spacial score (nSPS) is 11.9. The predicted octanol–water partition coefficient (Wildman–Crippen LogP) is 4.02. The zero-order valence-corrected chi connectivity index (χ0v) is 18.2. The van der Waals surface area contributed by atoms with Crippen molar-refractivity contribution in [1.29, 1.82) is 0 Å². The number of aromatic nitrogens is 1. The molecule has 0 radical (unpaired) electrons. The molecule has 0 saturated heterocycles. The molecule has 0 bridgehead atoms. The van der Waals surface area contributed by atoms with Gasteiger partial charge in [0.1, 0.15) is 5.82 Å². The topological polar surface area (TPSA) is 80.5 Å². The van der Waals surface area contributed by atoms with Crippen molar-refractivity contribution in [1.82, 2.24) is 4.57 Å². The molecular weight excluding hydrogens is 449 g/mol. The number of carbonyl (C=O) groups is 1. The van der Waals surface area contributed by atoms with Gasteiger partial charge in [-0.1, -0.05) is 35.5 Å². The SMILES string of the molecule is C#CCn1c(=NC(=O)c2ccc(NS(=O)(=O)c3ccccc3)cc2)sc2cc(F)ccc21. The fourth-order valence-electron chi connectivity index (χ4n) is 3.02. The molecule has 32 heavy (non-hydrogen) atoms. The molecule has 0 spiro atoms. The third-order valence-electron chi connectivity index (χ3n) is 4.53. The Morgan fingerprint density at radius 1 is 1.09 bits per heavy atom. The Bertz CT molecular complexity index is 1520. The Morgan fingerprint density at radius 3 is 2.50 bits per heavy atom. The Balaban J connectivity index is 1.62. The van der Waals surface area contributed by atoms with Gasteiger partial charge in [-0.3, -0.25) is 9.52 Å². The predicted molar refractivity (Wildman–Crippen MR) is 122 cm³/mol. The molecule has 6 nitrogen and oxygen atoms in total. The van der Waals surface area contributed by atoms with Crippen LogP contribution in [0.2, 0.25) is 0 Å². The van der Waals surface area contributed by atoms with Crippen molar-refractivity contribution in [2.45, 2.75) is 11.4 Å². The van der Waals surface area contributed by atoms with Gasteiger partial charge in [0.15, 0.2) is 4.80 Å². The Kier molecular flexibility index (Phi) is 5.90. The van der Waals surface area contributed by atoms with E-state index in [-0.39, 0.29) is 17.0 Å². The fraction of sp³-hybridized carbons (Fsp3) is 0.0435. The lowest BCUT2D eigenvalue weighted by atomic mass is 10.2. The minimum atomic E-state index is -3.73. The summed E-state index contributed by atoms with van der Waals surface area (Å²) in [7, 11) is -3.73. The molecule has 4 rings (SSSR count). The van der Waals surface area contributed by atoms with Crippen LogP contribution >= 0.6 is 11.3 Å². The van der Waals surface area contributed by atoms with Crippen LogP contribution in [-0.2, 0) is 16.6 Å². The number of hydrogen-bond acceptors (Lipinski definition) is 4. The van der Waals surface area contributed by atoms with E-state index in [9.17, 15) is 17.6 Å². The van der Waals surface area contributed by atoms with E-state index in [1.807, 2.05) is 0 Å². The molecule has 0 aliphatic carbocycles. The Labute approximate surface area is 187 Å². The number of carbonyl (C=O) groups excluding carboxylic acids is 1. The molecule has 3 aromatic carbocycles. The minimum absolute atomic E-state index is 0.134. The van der Waals surface area contributed by atoms with Gasteiger partial charge in [-0.2, -0.15) is 4.99 Å². The third-order valence-corrected chi connectivity index (χ3v) is 6.97. The smallest absolute Gasteiger partial charge is 0.279 e. The maximum absolute atomic E-state index is 13.6. The number of rotatable bonds is 5. The number of sulfonamides is 1. The number of benzene rings is 3. The monoisotopic (exact) mass is 465 g/mol. The lowest BCUT2D eigenvalue weighted by Crippen LogP contribution is -2.16. The van der Waals surface area contributed by atoms with Gasteiger partial charge < -0.3 is 4.57 Å². The summed E-state index contributed by atoms with van der Waals surface area (Å²) in [5.41, 5.74) is 1.26. The van der Waals surface area contributed by atoms with Crippen LogP contribution in [-0.4, -0.2) is 18.9 Å². The van der Waals surface area contributed by atoms with E-state index in [2.05, 4.69) is 15.6 Å². The van der Waals surface area contributed by atoms with Crippen molar-refractivity contribution in [2.24, 2.45) is 4.99 Å². The maximum Gasteiger partial charge on any atom is 0.279 e. The van der Waals surface area contributed by atoms with Crippen LogP contribution in [0.1, 0.15) is 10.4 Å². The number of thiazole rings is 1. The fourth-order valence-corrected chi connectivity index (χ4v) is 5.15. The summed E-state index contributed by atoms with van der Waals surface area (Å²) in [5, 5.41) is 0. The molecule has 0 saturated carbocycles. The summed E-state index contributed by atoms with van der Waals surface area (Å²) >= 11 is 1.16. The molecule has 0 atom stereocenters.